The van der Waals surface area contributed by atoms with Crippen molar-refractivity contribution in [3.05, 3.63) is 82.9 Å². The SMILES string of the molecule is CCO[C@@H](C(=O)O[C@H]1C[C@@]2(O)[C@@H](OC(=O)c3ccccc3)[C@@H]3[C@]4(OC(C)=O)CO[C@@H]4C[C@H](O)[C@@]3(C)C(=O)[C@H](O)C(=C1C)C2(C)C)C(NC(=O)OC(C)(C)C)c1ccccc1. The molecular weight excluding hydrogens is 778 g/mol. The zero-order chi connectivity index (χ0) is 44.2. The summed E-state index contributed by atoms with van der Waals surface area (Å²) in [7, 11) is 0. The maximum absolute atomic E-state index is 15.1. The third-order valence-electron chi connectivity index (χ3n) is 12.9. The first-order valence-electron chi connectivity index (χ1n) is 20.3. The molecule has 3 fully saturated rings. The smallest absolute Gasteiger partial charge is 0.408 e. The van der Waals surface area contributed by atoms with Crippen LogP contribution in [0.25, 0.3) is 0 Å². The monoisotopic (exact) mass is 835 g/mol. The lowest BCUT2D eigenvalue weighted by Crippen LogP contribution is -2.81. The number of alkyl carbamates (subject to hydrolysis) is 1. The highest BCUT2D eigenvalue weighted by atomic mass is 16.6. The van der Waals surface area contributed by atoms with E-state index in [-0.39, 0.29) is 36.3 Å². The minimum atomic E-state index is -2.32. The molecule has 2 saturated carbocycles. The van der Waals surface area contributed by atoms with E-state index in [4.69, 9.17) is 28.4 Å². The van der Waals surface area contributed by atoms with Crippen molar-refractivity contribution < 1.29 is 67.7 Å². The fourth-order valence-corrected chi connectivity index (χ4v) is 9.89. The number of carbonyl (C=O) groups is 5. The van der Waals surface area contributed by atoms with Crippen LogP contribution < -0.4 is 5.32 Å². The van der Waals surface area contributed by atoms with Gasteiger partial charge >= 0.3 is 24.0 Å². The van der Waals surface area contributed by atoms with Gasteiger partial charge in [-0.05, 0) is 70.4 Å². The Kier molecular flexibility index (Phi) is 12.2. The van der Waals surface area contributed by atoms with E-state index in [1.165, 1.54) is 26.0 Å². The Bertz CT molecular complexity index is 2010. The predicted molar refractivity (Wildman–Crippen MR) is 213 cm³/mol. The summed E-state index contributed by atoms with van der Waals surface area (Å²) in [6.07, 6.45) is -10.6. The number of aliphatic hydroxyl groups excluding tert-OH is 2. The molecule has 1 heterocycles. The van der Waals surface area contributed by atoms with Gasteiger partial charge in [-0.15, -0.1) is 0 Å². The second kappa shape index (κ2) is 16.3. The maximum atomic E-state index is 15.1. The van der Waals surface area contributed by atoms with Gasteiger partial charge in [-0.3, -0.25) is 9.59 Å². The van der Waals surface area contributed by atoms with E-state index in [1.807, 2.05) is 0 Å². The van der Waals surface area contributed by atoms with Crippen LogP contribution in [0.4, 0.5) is 4.79 Å². The molecule has 11 atom stereocenters. The van der Waals surface area contributed by atoms with E-state index in [2.05, 4.69) is 5.32 Å². The van der Waals surface area contributed by atoms with Crippen LogP contribution in [0.3, 0.4) is 0 Å². The van der Waals surface area contributed by atoms with Crippen LogP contribution in [-0.4, -0.2) is 112 Å². The first-order chi connectivity index (χ1) is 28.0. The molecule has 4 aliphatic rings. The van der Waals surface area contributed by atoms with Gasteiger partial charge in [-0.2, -0.15) is 0 Å². The lowest BCUT2D eigenvalue weighted by Gasteiger charge is -2.67. The highest BCUT2D eigenvalue weighted by Crippen LogP contribution is 2.64. The molecule has 60 heavy (non-hydrogen) atoms. The number of ketones is 1. The van der Waals surface area contributed by atoms with Gasteiger partial charge < -0.3 is 49.1 Å². The Balaban J connectivity index is 1.51. The van der Waals surface area contributed by atoms with Gasteiger partial charge in [-0.25, -0.2) is 14.4 Å². The summed E-state index contributed by atoms with van der Waals surface area (Å²) in [5.74, 6) is -4.99. The predicted octanol–water partition coefficient (Wildman–Crippen LogP) is 4.30. The molecule has 1 saturated heterocycles. The number of fused-ring (bicyclic) bond motifs is 5. The zero-order valence-electron chi connectivity index (χ0n) is 35.6. The number of Topliss-reactive ketones (excluding diaryl/α,β-unsaturated/α-hetero) is 1. The lowest BCUT2D eigenvalue weighted by atomic mass is 9.44. The molecule has 15 nitrogen and oxygen atoms in total. The van der Waals surface area contributed by atoms with E-state index in [9.17, 15) is 34.5 Å². The van der Waals surface area contributed by atoms with Crippen molar-refractivity contribution in [3.63, 3.8) is 0 Å². The molecule has 1 unspecified atom stereocenters. The van der Waals surface area contributed by atoms with Crippen molar-refractivity contribution in [1.29, 1.82) is 0 Å². The summed E-state index contributed by atoms with van der Waals surface area (Å²) in [5.41, 5.74) is -7.71. The molecule has 2 bridgehead atoms. The number of ether oxygens (including phenoxy) is 6. The number of rotatable bonds is 10. The normalized spacial score (nSPS) is 33.0. The Labute approximate surface area is 349 Å². The van der Waals surface area contributed by atoms with E-state index >= 15 is 4.79 Å². The standard InChI is InChI=1S/C45H57NO14/c1-10-55-34(32(26-17-13-11-14-18-26)46-40(53)60-41(4,5)6)39(52)57-28-22-45(54)37(58-38(51)27-19-15-12-16-20-27)35-43(9,36(50)33(49)31(24(28)2)42(45,7)8)29(48)21-30-44(35,23-56-30)59-25(3)47/h11-20,28-30,32-35,37,48-49,54H,10,21-23H2,1-9H3,(H,46,53)/t28-,29-,30+,32?,33+,34+,35-,37-,43+,44-,45+/m0/s1. The first kappa shape index (κ1) is 44.9. The molecule has 0 aromatic heterocycles. The van der Waals surface area contributed by atoms with Crippen molar-refractivity contribution in [1.82, 2.24) is 5.32 Å². The number of nitrogens with one attached hydrogen (secondary N) is 1. The van der Waals surface area contributed by atoms with Crippen molar-refractivity contribution >= 4 is 29.8 Å². The summed E-state index contributed by atoms with van der Waals surface area (Å²) in [4.78, 5) is 69.9. The van der Waals surface area contributed by atoms with Crippen LogP contribution in [0.5, 0.6) is 0 Å². The Morgan fingerprint density at radius 2 is 1.58 bits per heavy atom. The molecule has 326 valence electrons. The van der Waals surface area contributed by atoms with E-state index in [0.717, 1.165) is 0 Å². The molecule has 6 rings (SSSR count). The molecule has 1 aliphatic heterocycles. The van der Waals surface area contributed by atoms with Crippen molar-refractivity contribution in [2.75, 3.05) is 13.2 Å². The van der Waals surface area contributed by atoms with Crippen LogP contribution in [0, 0.1) is 16.7 Å². The summed E-state index contributed by atoms with van der Waals surface area (Å²) in [6, 6.07) is 15.4. The van der Waals surface area contributed by atoms with Gasteiger partial charge in [-0.1, -0.05) is 62.4 Å². The van der Waals surface area contributed by atoms with Crippen LogP contribution in [0.15, 0.2) is 71.8 Å². The number of aliphatic hydroxyl groups is 3. The minimum Gasteiger partial charge on any atom is -0.456 e. The number of benzene rings is 2. The van der Waals surface area contributed by atoms with Crippen molar-refractivity contribution in [3.8, 4) is 0 Å². The average molecular weight is 836 g/mol. The van der Waals surface area contributed by atoms with Crippen LogP contribution in [0.2, 0.25) is 0 Å². The number of carbonyl (C=O) groups excluding carboxylic acids is 5. The number of amides is 1. The average Bonchev–Trinajstić information content (AvgIpc) is 3.17. The summed E-state index contributed by atoms with van der Waals surface area (Å²) >= 11 is 0. The molecule has 2 aromatic carbocycles. The van der Waals surface area contributed by atoms with Gasteiger partial charge in [0.2, 0.25) is 0 Å². The van der Waals surface area contributed by atoms with Crippen molar-refractivity contribution in [2.45, 2.75) is 135 Å². The second-order valence-corrected chi connectivity index (χ2v) is 18.0. The fraction of sp³-hybridized carbons (Fsp3) is 0.578. The minimum absolute atomic E-state index is 0.00951. The van der Waals surface area contributed by atoms with Gasteiger partial charge in [0.25, 0.3) is 0 Å². The Hall–Kier alpha value is -4.67. The largest absolute Gasteiger partial charge is 0.456 e. The molecule has 15 heteroatoms. The summed E-state index contributed by atoms with van der Waals surface area (Å²) < 4.78 is 36.0. The Morgan fingerprint density at radius 1 is 0.967 bits per heavy atom. The zero-order valence-corrected chi connectivity index (χ0v) is 35.6. The van der Waals surface area contributed by atoms with Gasteiger partial charge in [0, 0.05) is 31.8 Å². The fourth-order valence-electron chi connectivity index (χ4n) is 9.89. The number of hydrogen-bond donors (Lipinski definition) is 4. The number of hydrogen-bond acceptors (Lipinski definition) is 14. The molecule has 1 amide bonds. The van der Waals surface area contributed by atoms with Gasteiger partial charge in [0.1, 0.15) is 35.6 Å². The topological polar surface area (TPSA) is 213 Å². The van der Waals surface area contributed by atoms with E-state index in [0.29, 0.717) is 5.56 Å². The second-order valence-electron chi connectivity index (χ2n) is 18.0. The maximum Gasteiger partial charge on any atom is 0.408 e. The molecule has 2 aromatic rings. The summed E-state index contributed by atoms with van der Waals surface area (Å²) in [5, 5.41) is 40.5. The number of esters is 3. The van der Waals surface area contributed by atoms with Crippen LogP contribution in [-0.2, 0) is 42.8 Å². The summed E-state index contributed by atoms with van der Waals surface area (Å²) in [6.45, 7) is 13.8. The first-order valence-corrected chi connectivity index (χ1v) is 20.3. The molecule has 4 N–H and O–H groups in total. The molecule has 0 radical (unpaired) electrons. The third-order valence-corrected chi connectivity index (χ3v) is 12.9. The molecular formula is C45H57NO14. The molecule has 3 aliphatic carbocycles. The molecule has 0 spiro atoms. The van der Waals surface area contributed by atoms with Gasteiger partial charge in [0.15, 0.2) is 17.5 Å². The highest BCUT2D eigenvalue weighted by Gasteiger charge is 2.78. The highest BCUT2D eigenvalue weighted by molar-refractivity contribution is 5.94. The Morgan fingerprint density at radius 3 is 2.13 bits per heavy atom. The van der Waals surface area contributed by atoms with E-state index < -0.39 is 112 Å². The lowest BCUT2D eigenvalue weighted by molar-refractivity contribution is -0.346. The third kappa shape index (κ3) is 7.63. The van der Waals surface area contributed by atoms with Crippen molar-refractivity contribution in [2.24, 2.45) is 16.7 Å². The van der Waals surface area contributed by atoms with E-state index in [1.54, 1.807) is 97.0 Å². The van der Waals surface area contributed by atoms with Crippen LogP contribution in [0.1, 0.15) is 97.1 Å². The van der Waals surface area contributed by atoms with Crippen LogP contribution >= 0.6 is 0 Å². The quantitative estimate of drug-likeness (QED) is 0.149. The van der Waals surface area contributed by atoms with Gasteiger partial charge in [0.05, 0.1) is 35.6 Å².